The Hall–Kier alpha value is -0.910. The Kier molecular flexibility index (Phi) is 4.83. The van der Waals surface area contributed by atoms with Gasteiger partial charge in [0.15, 0.2) is 0 Å². The average Bonchev–Trinajstić information content (AvgIpc) is 2.98. The maximum absolute atomic E-state index is 12.4. The van der Waals surface area contributed by atoms with Gasteiger partial charge in [-0.15, -0.1) is 11.3 Å². The first-order valence-corrected chi connectivity index (χ1v) is 8.02. The Morgan fingerprint density at radius 2 is 2.20 bits per heavy atom. The van der Waals surface area contributed by atoms with Crippen LogP contribution in [0.3, 0.4) is 0 Å². The summed E-state index contributed by atoms with van der Waals surface area (Å²) in [6.45, 7) is 5.10. The summed E-state index contributed by atoms with van der Waals surface area (Å²) in [5, 5.41) is 0. The van der Waals surface area contributed by atoms with E-state index in [1.54, 1.807) is 16.2 Å². The van der Waals surface area contributed by atoms with E-state index in [0.717, 1.165) is 19.4 Å². The SMILES string of the molecule is Cc1ccc(C(C(C)N)N2CCCC2C(=O)N(C)C)s1. The second kappa shape index (κ2) is 6.24. The number of carbonyl (C=O) groups excluding carboxylic acids is 1. The second-order valence-electron chi connectivity index (χ2n) is 5.88. The predicted molar refractivity (Wildman–Crippen MR) is 83.9 cm³/mol. The van der Waals surface area contributed by atoms with Crippen LogP contribution in [0.15, 0.2) is 12.1 Å². The van der Waals surface area contributed by atoms with Gasteiger partial charge < -0.3 is 10.6 Å². The molecule has 5 heteroatoms. The van der Waals surface area contributed by atoms with Gasteiger partial charge in [-0.3, -0.25) is 9.69 Å². The number of likely N-dealkylation sites (tertiary alicyclic amines) is 1. The summed E-state index contributed by atoms with van der Waals surface area (Å²) < 4.78 is 0. The molecule has 1 amide bonds. The van der Waals surface area contributed by atoms with E-state index >= 15 is 0 Å². The van der Waals surface area contributed by atoms with Gasteiger partial charge in [-0.2, -0.15) is 0 Å². The van der Waals surface area contributed by atoms with E-state index < -0.39 is 0 Å². The zero-order valence-corrected chi connectivity index (χ0v) is 13.6. The number of hydrogen-bond acceptors (Lipinski definition) is 4. The van der Waals surface area contributed by atoms with Crippen LogP contribution in [-0.4, -0.2) is 48.4 Å². The van der Waals surface area contributed by atoms with Crippen LogP contribution in [0, 0.1) is 6.92 Å². The maximum Gasteiger partial charge on any atom is 0.239 e. The van der Waals surface area contributed by atoms with E-state index in [1.165, 1.54) is 9.75 Å². The van der Waals surface area contributed by atoms with E-state index in [2.05, 4.69) is 24.0 Å². The van der Waals surface area contributed by atoms with E-state index in [9.17, 15) is 4.79 Å². The van der Waals surface area contributed by atoms with Crippen LogP contribution in [0.25, 0.3) is 0 Å². The predicted octanol–water partition coefficient (Wildman–Crippen LogP) is 2.00. The molecule has 1 fully saturated rings. The molecule has 2 N–H and O–H groups in total. The Morgan fingerprint density at radius 3 is 2.70 bits per heavy atom. The Morgan fingerprint density at radius 1 is 1.50 bits per heavy atom. The second-order valence-corrected chi connectivity index (χ2v) is 7.20. The van der Waals surface area contributed by atoms with Crippen molar-refractivity contribution in [3.05, 3.63) is 21.9 Å². The lowest BCUT2D eigenvalue weighted by Gasteiger charge is -2.35. The molecule has 0 radical (unpaired) electrons. The van der Waals surface area contributed by atoms with Gasteiger partial charge in [-0.05, 0) is 45.4 Å². The van der Waals surface area contributed by atoms with Crippen molar-refractivity contribution in [2.45, 2.75) is 44.8 Å². The summed E-state index contributed by atoms with van der Waals surface area (Å²) in [5.74, 6) is 0.196. The van der Waals surface area contributed by atoms with E-state index in [1.807, 2.05) is 21.0 Å². The summed E-state index contributed by atoms with van der Waals surface area (Å²) in [5.41, 5.74) is 6.24. The Balaban J connectivity index is 2.27. The molecule has 0 aliphatic carbocycles. The summed E-state index contributed by atoms with van der Waals surface area (Å²) in [6.07, 6.45) is 2.00. The third-order valence-electron chi connectivity index (χ3n) is 3.93. The highest BCUT2D eigenvalue weighted by atomic mass is 32.1. The first-order valence-electron chi connectivity index (χ1n) is 7.20. The first kappa shape index (κ1) is 15.5. The number of nitrogens with zero attached hydrogens (tertiary/aromatic N) is 2. The number of aryl methyl sites for hydroxylation is 1. The minimum Gasteiger partial charge on any atom is -0.347 e. The van der Waals surface area contributed by atoms with Gasteiger partial charge in [0.1, 0.15) is 0 Å². The minimum absolute atomic E-state index is 0.0172. The Labute approximate surface area is 125 Å². The van der Waals surface area contributed by atoms with Gasteiger partial charge in [0.05, 0.1) is 12.1 Å². The fourth-order valence-electron chi connectivity index (χ4n) is 3.02. The zero-order chi connectivity index (χ0) is 14.9. The lowest BCUT2D eigenvalue weighted by molar-refractivity contribution is -0.134. The number of amides is 1. The molecule has 2 heterocycles. The normalized spacial score (nSPS) is 22.8. The Bertz CT molecular complexity index is 469. The average molecular weight is 295 g/mol. The van der Waals surface area contributed by atoms with Crippen LogP contribution in [0.2, 0.25) is 0 Å². The molecule has 112 valence electrons. The van der Waals surface area contributed by atoms with Gasteiger partial charge >= 0.3 is 0 Å². The smallest absolute Gasteiger partial charge is 0.239 e. The van der Waals surface area contributed by atoms with Gasteiger partial charge in [0.25, 0.3) is 0 Å². The van der Waals surface area contributed by atoms with E-state index in [4.69, 9.17) is 5.73 Å². The van der Waals surface area contributed by atoms with Crippen LogP contribution in [-0.2, 0) is 4.79 Å². The summed E-state index contributed by atoms with van der Waals surface area (Å²) in [6, 6.07) is 4.43. The first-order chi connectivity index (χ1) is 9.41. The highest BCUT2D eigenvalue weighted by Gasteiger charge is 2.38. The fourth-order valence-corrected chi connectivity index (χ4v) is 4.14. The van der Waals surface area contributed by atoms with Gasteiger partial charge in [0.2, 0.25) is 5.91 Å². The minimum atomic E-state index is -0.0246. The van der Waals surface area contributed by atoms with Crippen LogP contribution >= 0.6 is 11.3 Å². The third kappa shape index (κ3) is 3.05. The summed E-state index contributed by atoms with van der Waals surface area (Å²) in [7, 11) is 3.66. The molecule has 1 aliphatic rings. The topological polar surface area (TPSA) is 49.6 Å². The van der Waals surface area contributed by atoms with Crippen molar-refractivity contribution in [1.82, 2.24) is 9.80 Å². The molecule has 0 saturated carbocycles. The molecule has 1 aromatic heterocycles. The molecule has 0 bridgehead atoms. The standard InChI is InChI=1S/C15H25N3OS/c1-10-7-8-13(20-10)14(11(2)16)18-9-5-6-12(18)15(19)17(3)4/h7-8,11-12,14H,5-6,9,16H2,1-4H3. The zero-order valence-electron chi connectivity index (χ0n) is 12.8. The van der Waals surface area contributed by atoms with Crippen LogP contribution in [0.1, 0.15) is 35.6 Å². The molecule has 4 nitrogen and oxygen atoms in total. The number of hydrogen-bond donors (Lipinski definition) is 1. The van der Waals surface area contributed by atoms with Crippen molar-refractivity contribution in [3.8, 4) is 0 Å². The maximum atomic E-state index is 12.4. The van der Waals surface area contributed by atoms with Gasteiger partial charge in [-0.1, -0.05) is 0 Å². The molecule has 1 aliphatic heterocycles. The summed E-state index contributed by atoms with van der Waals surface area (Å²) >= 11 is 1.79. The lowest BCUT2D eigenvalue weighted by Crippen LogP contribution is -2.48. The van der Waals surface area contributed by atoms with Crippen molar-refractivity contribution in [3.63, 3.8) is 0 Å². The van der Waals surface area contributed by atoms with E-state index in [-0.39, 0.29) is 24.0 Å². The third-order valence-corrected chi connectivity index (χ3v) is 5.00. The summed E-state index contributed by atoms with van der Waals surface area (Å²) in [4.78, 5) is 18.9. The number of likely N-dealkylation sites (N-methyl/N-ethyl adjacent to an activating group) is 1. The molecule has 0 aromatic carbocycles. The lowest BCUT2D eigenvalue weighted by atomic mass is 10.1. The number of carbonyl (C=O) groups is 1. The molecule has 0 spiro atoms. The monoisotopic (exact) mass is 295 g/mol. The molecule has 3 atom stereocenters. The van der Waals surface area contributed by atoms with Crippen LogP contribution < -0.4 is 5.73 Å². The van der Waals surface area contributed by atoms with Crippen molar-refractivity contribution in [2.75, 3.05) is 20.6 Å². The van der Waals surface area contributed by atoms with Gasteiger partial charge in [0, 0.05) is 29.9 Å². The number of thiophene rings is 1. The molecular weight excluding hydrogens is 270 g/mol. The fraction of sp³-hybridized carbons (Fsp3) is 0.667. The quantitative estimate of drug-likeness (QED) is 0.924. The number of rotatable bonds is 4. The molecule has 1 saturated heterocycles. The van der Waals surface area contributed by atoms with Crippen molar-refractivity contribution in [2.24, 2.45) is 5.73 Å². The molecule has 2 rings (SSSR count). The van der Waals surface area contributed by atoms with Crippen molar-refractivity contribution >= 4 is 17.2 Å². The van der Waals surface area contributed by atoms with Crippen molar-refractivity contribution in [1.29, 1.82) is 0 Å². The van der Waals surface area contributed by atoms with Crippen molar-refractivity contribution < 1.29 is 4.79 Å². The largest absolute Gasteiger partial charge is 0.347 e. The van der Waals surface area contributed by atoms with Gasteiger partial charge in [-0.25, -0.2) is 0 Å². The highest BCUT2D eigenvalue weighted by molar-refractivity contribution is 7.12. The van der Waals surface area contributed by atoms with E-state index in [0.29, 0.717) is 0 Å². The molecule has 1 aromatic rings. The van der Waals surface area contributed by atoms with Crippen LogP contribution in [0.5, 0.6) is 0 Å². The molecular formula is C15H25N3OS. The molecule has 3 unspecified atom stereocenters. The number of nitrogens with two attached hydrogens (primary N) is 1. The molecule has 20 heavy (non-hydrogen) atoms. The highest BCUT2D eigenvalue weighted by Crippen LogP contribution is 2.35. The van der Waals surface area contributed by atoms with Crippen LogP contribution in [0.4, 0.5) is 0 Å².